The Balaban J connectivity index is 0.847. The van der Waals surface area contributed by atoms with E-state index in [-0.39, 0.29) is 11.1 Å². The predicted molar refractivity (Wildman–Crippen MR) is 178 cm³/mol. The largest absolute Gasteiger partial charge is 0.493 e. The lowest BCUT2D eigenvalue weighted by Gasteiger charge is -2.52. The van der Waals surface area contributed by atoms with Gasteiger partial charge in [-0.1, -0.05) is 0 Å². The summed E-state index contributed by atoms with van der Waals surface area (Å²) in [6, 6.07) is 7.90. The molecule has 3 aromatic rings. The van der Waals surface area contributed by atoms with Crippen LogP contribution < -0.4 is 15.2 Å². The lowest BCUT2D eigenvalue weighted by molar-refractivity contribution is -0.385. The fourth-order valence-electron chi connectivity index (χ4n) is 7.88. The van der Waals surface area contributed by atoms with Gasteiger partial charge in [0.15, 0.2) is 5.82 Å². The Labute approximate surface area is 278 Å². The molecule has 0 radical (unpaired) electrons. The van der Waals surface area contributed by atoms with Crippen molar-refractivity contribution in [1.82, 2.24) is 19.8 Å². The first-order valence-corrected chi connectivity index (χ1v) is 17.4. The molecule has 13 heteroatoms. The summed E-state index contributed by atoms with van der Waals surface area (Å²) in [7, 11) is 0. The van der Waals surface area contributed by atoms with Crippen molar-refractivity contribution < 1.29 is 23.2 Å². The Kier molecular flexibility index (Phi) is 9.88. The van der Waals surface area contributed by atoms with Crippen molar-refractivity contribution in [3.63, 3.8) is 0 Å². The molecule has 0 aliphatic carbocycles. The molecule has 5 heterocycles. The zero-order valence-electron chi connectivity index (χ0n) is 27.3. The number of H-pyrrole nitrogens is 1. The molecule has 4 aliphatic heterocycles. The summed E-state index contributed by atoms with van der Waals surface area (Å²) < 4.78 is 41.0. The molecule has 1 N–H and O–H groups in total. The van der Waals surface area contributed by atoms with E-state index < -0.39 is 22.1 Å². The number of rotatable bonds is 10. The first-order valence-electron chi connectivity index (χ1n) is 17.4. The molecule has 0 amide bonds. The maximum atomic E-state index is 15.0. The number of nitro groups is 1. The van der Waals surface area contributed by atoms with E-state index in [1.807, 2.05) is 4.90 Å². The molecule has 258 valence electrons. The Morgan fingerprint density at radius 1 is 0.917 bits per heavy atom. The SMILES string of the molecule is O=c1[nH]c(CCC2CCOCC2)nc2cc(OCC3CCN(C4CN(C5CCN(c6ccc([N+](=O)[O-])cc6F)CC5)C4)CC3)cc(F)c12. The van der Waals surface area contributed by atoms with Gasteiger partial charge in [0.1, 0.15) is 22.8 Å². The molecule has 0 atom stereocenters. The topological polar surface area (TPSA) is 117 Å². The Morgan fingerprint density at radius 2 is 1.67 bits per heavy atom. The third kappa shape index (κ3) is 7.32. The molecule has 0 saturated carbocycles. The van der Waals surface area contributed by atoms with E-state index in [1.165, 1.54) is 18.2 Å². The summed E-state index contributed by atoms with van der Waals surface area (Å²) in [5, 5.41) is 10.9. The number of nitrogens with one attached hydrogen (secondary N) is 1. The van der Waals surface area contributed by atoms with Crippen molar-refractivity contribution >= 4 is 22.3 Å². The fourth-order valence-corrected chi connectivity index (χ4v) is 7.88. The van der Waals surface area contributed by atoms with Crippen molar-refractivity contribution in [2.24, 2.45) is 11.8 Å². The summed E-state index contributed by atoms with van der Waals surface area (Å²) in [6.07, 6.45) is 7.51. The number of anilines is 1. The third-order valence-electron chi connectivity index (χ3n) is 10.9. The number of aryl methyl sites for hydroxylation is 1. The number of hydrogen-bond acceptors (Lipinski definition) is 9. The van der Waals surface area contributed by atoms with E-state index in [4.69, 9.17) is 9.47 Å². The highest BCUT2D eigenvalue weighted by Crippen LogP contribution is 2.32. The summed E-state index contributed by atoms with van der Waals surface area (Å²) in [5.41, 5.74) is 0.104. The number of hydrogen-bond donors (Lipinski definition) is 1. The van der Waals surface area contributed by atoms with Gasteiger partial charge in [-0.3, -0.25) is 24.7 Å². The van der Waals surface area contributed by atoms with Gasteiger partial charge in [-0.15, -0.1) is 0 Å². The molecular formula is C35H44F2N6O5. The van der Waals surface area contributed by atoms with Crippen LogP contribution in [-0.2, 0) is 11.2 Å². The molecule has 4 fully saturated rings. The van der Waals surface area contributed by atoms with Crippen molar-refractivity contribution in [3.05, 3.63) is 68.3 Å². The molecule has 11 nitrogen and oxygen atoms in total. The van der Waals surface area contributed by atoms with Gasteiger partial charge in [0.05, 0.1) is 28.8 Å². The number of aromatic amines is 1. The molecule has 2 aromatic carbocycles. The number of halogens is 2. The second kappa shape index (κ2) is 14.4. The summed E-state index contributed by atoms with van der Waals surface area (Å²) in [6.45, 7) is 7.61. The Hall–Kier alpha value is -3.68. The lowest BCUT2D eigenvalue weighted by Crippen LogP contribution is -2.64. The smallest absolute Gasteiger partial charge is 0.272 e. The molecule has 7 rings (SSSR count). The van der Waals surface area contributed by atoms with E-state index in [2.05, 4.69) is 19.8 Å². The summed E-state index contributed by atoms with van der Waals surface area (Å²) >= 11 is 0. The predicted octanol–water partition coefficient (Wildman–Crippen LogP) is 4.91. The Bertz CT molecular complexity index is 1660. The van der Waals surface area contributed by atoms with Gasteiger partial charge < -0.3 is 19.4 Å². The highest BCUT2D eigenvalue weighted by Gasteiger charge is 2.38. The minimum absolute atomic E-state index is 0.0241. The summed E-state index contributed by atoms with van der Waals surface area (Å²) in [4.78, 5) is 37.5. The normalized spacial score (nSPS) is 21.1. The molecule has 48 heavy (non-hydrogen) atoms. The summed E-state index contributed by atoms with van der Waals surface area (Å²) in [5.74, 6) is 0.774. The van der Waals surface area contributed by atoms with E-state index in [9.17, 15) is 23.7 Å². The maximum Gasteiger partial charge on any atom is 0.272 e. The second-order valence-corrected chi connectivity index (χ2v) is 13.9. The average molecular weight is 667 g/mol. The van der Waals surface area contributed by atoms with Crippen LogP contribution >= 0.6 is 0 Å². The number of piperidine rings is 2. The zero-order valence-corrected chi connectivity index (χ0v) is 27.3. The third-order valence-corrected chi connectivity index (χ3v) is 10.9. The minimum Gasteiger partial charge on any atom is -0.493 e. The number of aromatic nitrogens is 2. The van der Waals surface area contributed by atoms with Gasteiger partial charge in [0, 0.05) is 76.1 Å². The van der Waals surface area contributed by atoms with Crippen LogP contribution in [0.15, 0.2) is 35.1 Å². The van der Waals surface area contributed by atoms with Gasteiger partial charge in [0.2, 0.25) is 0 Å². The van der Waals surface area contributed by atoms with Gasteiger partial charge in [0.25, 0.3) is 11.2 Å². The molecule has 1 aromatic heterocycles. The molecule has 4 saturated heterocycles. The van der Waals surface area contributed by atoms with E-state index in [0.717, 1.165) is 103 Å². The molecule has 0 bridgehead atoms. The highest BCUT2D eigenvalue weighted by molar-refractivity contribution is 5.79. The van der Waals surface area contributed by atoms with Crippen LogP contribution in [0.25, 0.3) is 10.9 Å². The number of fused-ring (bicyclic) bond motifs is 1. The number of non-ortho nitro benzene ring substituents is 1. The van der Waals surface area contributed by atoms with Crippen molar-refractivity contribution in [1.29, 1.82) is 0 Å². The minimum atomic E-state index is -0.610. The van der Waals surface area contributed by atoms with Crippen LogP contribution in [0, 0.1) is 33.6 Å². The zero-order chi connectivity index (χ0) is 33.2. The number of likely N-dealkylation sites (tertiary alicyclic amines) is 2. The quantitative estimate of drug-likeness (QED) is 0.238. The van der Waals surface area contributed by atoms with Crippen LogP contribution in [0.3, 0.4) is 0 Å². The first kappa shape index (κ1) is 32.8. The van der Waals surface area contributed by atoms with E-state index in [1.54, 1.807) is 6.07 Å². The molecule has 4 aliphatic rings. The van der Waals surface area contributed by atoms with Crippen LogP contribution in [0.5, 0.6) is 5.75 Å². The van der Waals surface area contributed by atoms with Gasteiger partial charge >= 0.3 is 0 Å². The number of nitro benzene ring substituents is 1. The van der Waals surface area contributed by atoms with Crippen LogP contribution in [-0.4, -0.2) is 95.9 Å². The highest BCUT2D eigenvalue weighted by atomic mass is 19.1. The van der Waals surface area contributed by atoms with Crippen LogP contribution in [0.2, 0.25) is 0 Å². The molecular weight excluding hydrogens is 622 g/mol. The first-order chi connectivity index (χ1) is 23.3. The van der Waals surface area contributed by atoms with Crippen LogP contribution in [0.4, 0.5) is 20.2 Å². The second-order valence-electron chi connectivity index (χ2n) is 13.9. The van der Waals surface area contributed by atoms with Crippen molar-refractivity contribution in [2.75, 3.05) is 64.0 Å². The molecule has 0 unspecified atom stereocenters. The Morgan fingerprint density at radius 3 is 2.38 bits per heavy atom. The van der Waals surface area contributed by atoms with E-state index >= 15 is 0 Å². The van der Waals surface area contributed by atoms with E-state index in [0.29, 0.717) is 59.7 Å². The van der Waals surface area contributed by atoms with Gasteiger partial charge in [-0.25, -0.2) is 13.8 Å². The fraction of sp³-hybridized carbons (Fsp3) is 0.600. The van der Waals surface area contributed by atoms with Crippen molar-refractivity contribution in [3.8, 4) is 5.75 Å². The molecule has 0 spiro atoms. The monoisotopic (exact) mass is 666 g/mol. The lowest BCUT2D eigenvalue weighted by atomic mass is 9.92. The average Bonchev–Trinajstić information content (AvgIpc) is 3.07. The van der Waals surface area contributed by atoms with Gasteiger partial charge in [-0.2, -0.15) is 0 Å². The standard InChI is InChI=1S/C35H44F2N6O5/c36-29-17-26(43(45)46)2-3-32(29)41-13-7-25(8-14-41)42-20-27(21-42)40-11-5-24(6-12-40)22-48-28-18-30(37)34-31(19-28)38-33(39-35(34)44)4-1-23-9-15-47-16-10-23/h2-3,17-19,23-25,27H,1,4-16,20-22H2,(H,38,39,44). The number of nitrogens with zero attached hydrogens (tertiary/aromatic N) is 5. The number of ether oxygens (including phenoxy) is 2. The van der Waals surface area contributed by atoms with Gasteiger partial charge in [-0.05, 0) is 75.9 Å². The van der Waals surface area contributed by atoms with Crippen LogP contribution in [0.1, 0.15) is 50.8 Å². The number of benzene rings is 2. The van der Waals surface area contributed by atoms with Crippen molar-refractivity contribution in [2.45, 2.75) is 63.5 Å². The maximum absolute atomic E-state index is 15.0.